The van der Waals surface area contributed by atoms with Crippen molar-refractivity contribution in [2.24, 2.45) is 0 Å². The number of amides is 1. The zero-order chi connectivity index (χ0) is 16.8. The lowest BCUT2D eigenvalue weighted by molar-refractivity contribution is -0.116. The van der Waals surface area contributed by atoms with Crippen LogP contribution in [0.5, 0.6) is 0 Å². The molecule has 2 N–H and O–H groups in total. The Morgan fingerprint density at radius 2 is 1.83 bits per heavy atom. The lowest BCUT2D eigenvalue weighted by atomic mass is 10.2. The fourth-order valence-electron chi connectivity index (χ4n) is 2.94. The summed E-state index contributed by atoms with van der Waals surface area (Å²) in [7, 11) is 0. The number of likely N-dealkylation sites (tertiary alicyclic amines) is 1. The van der Waals surface area contributed by atoms with Gasteiger partial charge < -0.3 is 15.5 Å². The number of para-hydroxylation sites is 1. The monoisotopic (exact) mass is 343 g/mol. The van der Waals surface area contributed by atoms with Gasteiger partial charge in [-0.15, -0.1) is 0 Å². The van der Waals surface area contributed by atoms with Crippen molar-refractivity contribution in [3.8, 4) is 0 Å². The van der Waals surface area contributed by atoms with Gasteiger partial charge in [-0.3, -0.25) is 4.79 Å². The van der Waals surface area contributed by atoms with E-state index >= 15 is 0 Å². The number of carbonyl (C=O) groups excluding carboxylic acids is 1. The lowest BCUT2D eigenvalue weighted by Gasteiger charge is -2.17. The molecule has 3 rings (SSSR count). The number of benzene rings is 2. The van der Waals surface area contributed by atoms with Crippen LogP contribution in [0.3, 0.4) is 0 Å². The summed E-state index contributed by atoms with van der Waals surface area (Å²) >= 11 is 5.84. The zero-order valence-electron chi connectivity index (χ0n) is 13.5. The Balaban J connectivity index is 1.39. The lowest BCUT2D eigenvalue weighted by Crippen LogP contribution is -2.29. The van der Waals surface area contributed by atoms with Gasteiger partial charge in [-0.05, 0) is 42.8 Å². The summed E-state index contributed by atoms with van der Waals surface area (Å²) < 4.78 is 0. The first-order valence-electron chi connectivity index (χ1n) is 8.28. The van der Waals surface area contributed by atoms with E-state index in [-0.39, 0.29) is 5.91 Å². The molecule has 1 amide bonds. The van der Waals surface area contributed by atoms with Crippen LogP contribution in [0.2, 0.25) is 5.02 Å². The van der Waals surface area contributed by atoms with Crippen LogP contribution in [0, 0.1) is 0 Å². The Bertz CT molecular complexity index is 660. The number of hydrogen-bond donors (Lipinski definition) is 2. The highest BCUT2D eigenvalue weighted by atomic mass is 35.5. The number of halogens is 1. The van der Waals surface area contributed by atoms with E-state index in [4.69, 9.17) is 11.6 Å². The minimum atomic E-state index is 0.0387. The zero-order valence-corrected chi connectivity index (χ0v) is 14.3. The van der Waals surface area contributed by atoms with E-state index < -0.39 is 0 Å². The topological polar surface area (TPSA) is 44.4 Å². The summed E-state index contributed by atoms with van der Waals surface area (Å²) in [5.41, 5.74) is 1.94. The van der Waals surface area contributed by atoms with E-state index in [9.17, 15) is 4.79 Å². The van der Waals surface area contributed by atoms with Crippen molar-refractivity contribution < 1.29 is 4.79 Å². The van der Waals surface area contributed by atoms with E-state index in [1.165, 1.54) is 0 Å². The summed E-state index contributed by atoms with van der Waals surface area (Å²) in [6.45, 7) is 2.79. The summed E-state index contributed by atoms with van der Waals surface area (Å²) in [4.78, 5) is 14.4. The molecule has 1 atom stereocenters. The third kappa shape index (κ3) is 4.98. The molecule has 2 aromatic rings. The van der Waals surface area contributed by atoms with Gasteiger partial charge in [0.25, 0.3) is 0 Å². The molecule has 2 aromatic carbocycles. The molecular formula is C19H22ClN3O. The Labute approximate surface area is 147 Å². The molecule has 24 heavy (non-hydrogen) atoms. The number of hydrogen-bond acceptors (Lipinski definition) is 3. The van der Waals surface area contributed by atoms with E-state index in [1.807, 2.05) is 30.3 Å². The number of carbonyl (C=O) groups is 1. The molecule has 126 valence electrons. The van der Waals surface area contributed by atoms with E-state index in [0.717, 1.165) is 37.4 Å². The molecule has 1 saturated heterocycles. The Kier molecular flexibility index (Phi) is 5.72. The molecule has 1 heterocycles. The molecule has 0 radical (unpaired) electrons. The van der Waals surface area contributed by atoms with Gasteiger partial charge in [0.15, 0.2) is 0 Å². The van der Waals surface area contributed by atoms with Gasteiger partial charge in [0.1, 0.15) is 0 Å². The second-order valence-electron chi connectivity index (χ2n) is 6.10. The van der Waals surface area contributed by atoms with Gasteiger partial charge in [-0.25, -0.2) is 0 Å². The fraction of sp³-hybridized carbons (Fsp3) is 0.316. The molecule has 1 aliphatic rings. The average molecular weight is 344 g/mol. The number of rotatable bonds is 6. The van der Waals surface area contributed by atoms with Gasteiger partial charge >= 0.3 is 0 Å². The highest BCUT2D eigenvalue weighted by molar-refractivity contribution is 6.30. The first kappa shape index (κ1) is 16.8. The Hall–Kier alpha value is -2.04. The SMILES string of the molecule is O=C(CCN1CCC(Nc2ccccc2)C1)Nc1ccc(Cl)cc1. The smallest absolute Gasteiger partial charge is 0.225 e. The number of nitrogens with zero attached hydrogens (tertiary/aromatic N) is 1. The van der Waals surface area contributed by atoms with Crippen molar-refractivity contribution in [3.63, 3.8) is 0 Å². The summed E-state index contributed by atoms with van der Waals surface area (Å²) in [6, 6.07) is 17.9. The minimum Gasteiger partial charge on any atom is -0.381 e. The average Bonchev–Trinajstić information content (AvgIpc) is 3.03. The van der Waals surface area contributed by atoms with Crippen LogP contribution in [0.1, 0.15) is 12.8 Å². The number of anilines is 2. The normalized spacial score (nSPS) is 17.6. The van der Waals surface area contributed by atoms with Crippen molar-refractivity contribution in [2.75, 3.05) is 30.3 Å². The molecule has 1 fully saturated rings. The molecule has 0 saturated carbocycles. The molecule has 1 aliphatic heterocycles. The first-order valence-corrected chi connectivity index (χ1v) is 8.66. The highest BCUT2D eigenvalue weighted by Crippen LogP contribution is 2.16. The summed E-state index contributed by atoms with van der Waals surface area (Å²) in [5, 5.41) is 7.12. The molecule has 0 aromatic heterocycles. The van der Waals surface area contributed by atoms with Crippen LogP contribution in [0.25, 0.3) is 0 Å². The molecule has 4 nitrogen and oxygen atoms in total. The second kappa shape index (κ2) is 8.18. The van der Waals surface area contributed by atoms with Gasteiger partial charge in [0, 0.05) is 48.5 Å². The molecule has 1 unspecified atom stereocenters. The second-order valence-corrected chi connectivity index (χ2v) is 6.54. The third-order valence-corrected chi connectivity index (χ3v) is 4.45. The Morgan fingerprint density at radius 3 is 2.58 bits per heavy atom. The standard InChI is InChI=1S/C19H22ClN3O/c20-15-6-8-17(9-7-15)22-19(24)11-13-23-12-10-18(14-23)21-16-4-2-1-3-5-16/h1-9,18,21H,10-14H2,(H,22,24). The maximum Gasteiger partial charge on any atom is 0.225 e. The van der Waals surface area contributed by atoms with Gasteiger partial charge in [0.05, 0.1) is 0 Å². The van der Waals surface area contributed by atoms with Crippen LogP contribution in [-0.4, -0.2) is 36.5 Å². The number of nitrogens with one attached hydrogen (secondary N) is 2. The molecular weight excluding hydrogens is 322 g/mol. The molecule has 0 spiro atoms. The quantitative estimate of drug-likeness (QED) is 0.837. The summed E-state index contributed by atoms with van der Waals surface area (Å²) in [5.74, 6) is 0.0387. The highest BCUT2D eigenvalue weighted by Gasteiger charge is 2.22. The van der Waals surface area contributed by atoms with Crippen LogP contribution in [0.4, 0.5) is 11.4 Å². The van der Waals surface area contributed by atoms with Gasteiger partial charge in [-0.1, -0.05) is 29.8 Å². The Morgan fingerprint density at radius 1 is 1.08 bits per heavy atom. The largest absolute Gasteiger partial charge is 0.381 e. The predicted octanol–water partition coefficient (Wildman–Crippen LogP) is 3.86. The van der Waals surface area contributed by atoms with Gasteiger partial charge in [-0.2, -0.15) is 0 Å². The molecule has 0 bridgehead atoms. The molecule has 0 aliphatic carbocycles. The summed E-state index contributed by atoms with van der Waals surface area (Å²) in [6.07, 6.45) is 1.61. The van der Waals surface area contributed by atoms with Crippen molar-refractivity contribution in [1.29, 1.82) is 0 Å². The maximum atomic E-state index is 12.0. The van der Waals surface area contributed by atoms with Gasteiger partial charge in [0.2, 0.25) is 5.91 Å². The van der Waals surface area contributed by atoms with E-state index in [1.54, 1.807) is 12.1 Å². The van der Waals surface area contributed by atoms with Crippen LogP contribution < -0.4 is 10.6 Å². The predicted molar refractivity (Wildman–Crippen MR) is 99.6 cm³/mol. The minimum absolute atomic E-state index is 0.0387. The van der Waals surface area contributed by atoms with Crippen LogP contribution >= 0.6 is 11.6 Å². The van der Waals surface area contributed by atoms with Crippen molar-refractivity contribution in [1.82, 2.24) is 4.90 Å². The van der Waals surface area contributed by atoms with Crippen LogP contribution in [0.15, 0.2) is 54.6 Å². The molecule has 5 heteroatoms. The fourth-order valence-corrected chi connectivity index (χ4v) is 3.07. The first-order chi connectivity index (χ1) is 11.7. The van der Waals surface area contributed by atoms with Crippen molar-refractivity contribution in [3.05, 3.63) is 59.6 Å². The van der Waals surface area contributed by atoms with E-state index in [0.29, 0.717) is 17.5 Å². The maximum absolute atomic E-state index is 12.0. The van der Waals surface area contributed by atoms with Crippen LogP contribution in [-0.2, 0) is 4.79 Å². The third-order valence-electron chi connectivity index (χ3n) is 4.20. The van der Waals surface area contributed by atoms with E-state index in [2.05, 4.69) is 27.7 Å². The van der Waals surface area contributed by atoms with Crippen molar-refractivity contribution in [2.45, 2.75) is 18.9 Å². The van der Waals surface area contributed by atoms with Crippen molar-refractivity contribution >= 4 is 28.9 Å².